The zero-order valence-electron chi connectivity index (χ0n) is 7.05. The predicted octanol–water partition coefficient (Wildman–Crippen LogP) is 0.790. The molecule has 11 heavy (non-hydrogen) atoms. The van der Waals surface area contributed by atoms with E-state index in [9.17, 15) is 0 Å². The maximum absolute atomic E-state index is 5.73. The van der Waals surface area contributed by atoms with Crippen LogP contribution in [0.3, 0.4) is 0 Å². The normalized spacial score (nSPS) is 27.0. The van der Waals surface area contributed by atoms with Crippen LogP contribution < -0.4 is 5.73 Å². The molecular weight excluding hydrogens is 140 g/mol. The van der Waals surface area contributed by atoms with Crippen LogP contribution in [-0.2, 0) is 4.74 Å². The van der Waals surface area contributed by atoms with Crippen LogP contribution in [0.5, 0.6) is 0 Å². The van der Waals surface area contributed by atoms with E-state index in [0.29, 0.717) is 5.92 Å². The minimum atomic E-state index is 0.378. The van der Waals surface area contributed by atoms with Gasteiger partial charge >= 0.3 is 0 Å². The number of rotatable bonds is 2. The van der Waals surface area contributed by atoms with Crippen LogP contribution >= 0.6 is 0 Å². The van der Waals surface area contributed by atoms with Gasteiger partial charge < -0.3 is 10.5 Å². The number of hydrogen-bond donors (Lipinski definition) is 1. The van der Waals surface area contributed by atoms with E-state index in [0.717, 1.165) is 38.4 Å². The Morgan fingerprint density at radius 2 is 2.55 bits per heavy atom. The molecule has 1 rings (SSSR count). The average molecular weight is 156 g/mol. The van der Waals surface area contributed by atoms with Gasteiger partial charge in [0.15, 0.2) is 0 Å². The molecule has 1 fully saturated rings. The molecule has 1 aliphatic heterocycles. The third kappa shape index (κ3) is 2.50. The monoisotopic (exact) mass is 156 g/mol. The maximum Gasteiger partial charge on any atom is 0.0991 e. The molecule has 2 N–H and O–H groups in total. The minimum absolute atomic E-state index is 0.378. The smallest absolute Gasteiger partial charge is 0.0991 e. The van der Waals surface area contributed by atoms with Crippen molar-refractivity contribution < 1.29 is 4.74 Å². The summed E-state index contributed by atoms with van der Waals surface area (Å²) < 4.78 is 5.29. The van der Waals surface area contributed by atoms with Crippen molar-refractivity contribution in [2.45, 2.75) is 19.8 Å². The molecule has 0 aromatic rings. The molecule has 1 aliphatic rings. The molecule has 3 heteroatoms. The van der Waals surface area contributed by atoms with Crippen LogP contribution in [-0.4, -0.2) is 25.6 Å². The van der Waals surface area contributed by atoms with E-state index in [1.165, 1.54) is 0 Å². The fraction of sp³-hybridized carbons (Fsp3) is 0.875. The van der Waals surface area contributed by atoms with E-state index in [-0.39, 0.29) is 0 Å². The van der Waals surface area contributed by atoms with Gasteiger partial charge in [-0.1, -0.05) is 0 Å². The van der Waals surface area contributed by atoms with E-state index in [4.69, 9.17) is 10.5 Å². The summed E-state index contributed by atoms with van der Waals surface area (Å²) in [6, 6.07) is 0. The first-order valence-electron chi connectivity index (χ1n) is 4.22. The Morgan fingerprint density at radius 1 is 1.73 bits per heavy atom. The second-order valence-electron chi connectivity index (χ2n) is 2.81. The number of hydrogen-bond acceptors (Lipinski definition) is 2. The number of nitrogens with zero attached hydrogens (tertiary/aromatic N) is 1. The van der Waals surface area contributed by atoms with E-state index in [2.05, 4.69) is 4.99 Å². The van der Waals surface area contributed by atoms with Crippen molar-refractivity contribution >= 4 is 5.84 Å². The van der Waals surface area contributed by atoms with Crippen LogP contribution in [0.25, 0.3) is 0 Å². The first kappa shape index (κ1) is 8.53. The maximum atomic E-state index is 5.73. The number of amidine groups is 1. The SMILES string of the molecule is CCN=C(N)C1CCCOC1. The summed E-state index contributed by atoms with van der Waals surface area (Å²) in [5, 5.41) is 0. The molecule has 0 aromatic heterocycles. The van der Waals surface area contributed by atoms with E-state index in [1.807, 2.05) is 6.92 Å². The van der Waals surface area contributed by atoms with Gasteiger partial charge in [-0.3, -0.25) is 4.99 Å². The van der Waals surface area contributed by atoms with E-state index in [1.54, 1.807) is 0 Å². The first-order valence-corrected chi connectivity index (χ1v) is 4.22. The highest BCUT2D eigenvalue weighted by atomic mass is 16.5. The highest BCUT2D eigenvalue weighted by Crippen LogP contribution is 2.13. The fourth-order valence-electron chi connectivity index (χ4n) is 1.29. The lowest BCUT2D eigenvalue weighted by atomic mass is 10.0. The second kappa shape index (κ2) is 4.34. The highest BCUT2D eigenvalue weighted by molar-refractivity contribution is 5.83. The summed E-state index contributed by atoms with van der Waals surface area (Å²) in [5.74, 6) is 1.15. The van der Waals surface area contributed by atoms with Crippen molar-refractivity contribution in [3.8, 4) is 0 Å². The molecule has 0 spiro atoms. The molecule has 0 aliphatic carbocycles. The van der Waals surface area contributed by atoms with Gasteiger partial charge in [0.1, 0.15) is 0 Å². The summed E-state index contributed by atoms with van der Waals surface area (Å²) in [7, 11) is 0. The predicted molar refractivity (Wildman–Crippen MR) is 45.7 cm³/mol. The van der Waals surface area contributed by atoms with Gasteiger partial charge in [-0.15, -0.1) is 0 Å². The summed E-state index contributed by atoms with van der Waals surface area (Å²) in [5.41, 5.74) is 5.73. The molecule has 0 aromatic carbocycles. The second-order valence-corrected chi connectivity index (χ2v) is 2.81. The van der Waals surface area contributed by atoms with Gasteiger partial charge in [-0.25, -0.2) is 0 Å². The molecule has 0 radical (unpaired) electrons. The lowest BCUT2D eigenvalue weighted by molar-refractivity contribution is 0.0765. The molecule has 1 unspecified atom stereocenters. The van der Waals surface area contributed by atoms with E-state index < -0.39 is 0 Å². The minimum Gasteiger partial charge on any atom is -0.387 e. The Labute approximate surface area is 67.6 Å². The molecule has 0 bridgehead atoms. The van der Waals surface area contributed by atoms with Gasteiger partial charge in [0, 0.05) is 19.1 Å². The molecule has 0 amide bonds. The number of aliphatic imine (C=N–C) groups is 1. The Bertz CT molecular complexity index is 139. The van der Waals surface area contributed by atoms with Gasteiger partial charge in [0.2, 0.25) is 0 Å². The third-order valence-corrected chi connectivity index (χ3v) is 1.92. The largest absolute Gasteiger partial charge is 0.387 e. The Kier molecular flexibility index (Phi) is 3.36. The topological polar surface area (TPSA) is 47.6 Å². The molecule has 1 heterocycles. The van der Waals surface area contributed by atoms with Crippen molar-refractivity contribution in [3.05, 3.63) is 0 Å². The molecule has 64 valence electrons. The first-order chi connectivity index (χ1) is 5.34. The Balaban J connectivity index is 2.38. The summed E-state index contributed by atoms with van der Waals surface area (Å²) >= 11 is 0. The lowest BCUT2D eigenvalue weighted by Gasteiger charge is -2.21. The highest BCUT2D eigenvalue weighted by Gasteiger charge is 2.16. The quantitative estimate of drug-likeness (QED) is 0.474. The number of nitrogens with two attached hydrogens (primary N) is 1. The van der Waals surface area contributed by atoms with Crippen molar-refractivity contribution in [1.82, 2.24) is 0 Å². The summed E-state index contributed by atoms with van der Waals surface area (Å²) in [4.78, 5) is 4.16. The summed E-state index contributed by atoms with van der Waals surface area (Å²) in [6.07, 6.45) is 2.25. The van der Waals surface area contributed by atoms with Crippen LogP contribution in [0, 0.1) is 5.92 Å². The van der Waals surface area contributed by atoms with Gasteiger partial charge in [-0.05, 0) is 19.8 Å². The van der Waals surface area contributed by atoms with Crippen molar-refractivity contribution in [2.75, 3.05) is 19.8 Å². The average Bonchev–Trinajstić information content (AvgIpc) is 2.07. The van der Waals surface area contributed by atoms with Crippen molar-refractivity contribution in [3.63, 3.8) is 0 Å². The molecular formula is C8H16N2O. The zero-order valence-corrected chi connectivity index (χ0v) is 7.05. The Morgan fingerprint density at radius 3 is 3.09 bits per heavy atom. The third-order valence-electron chi connectivity index (χ3n) is 1.92. The molecule has 1 atom stereocenters. The van der Waals surface area contributed by atoms with Crippen LogP contribution in [0.15, 0.2) is 4.99 Å². The standard InChI is InChI=1S/C8H16N2O/c1-2-10-8(9)7-4-3-5-11-6-7/h7H,2-6H2,1H3,(H2,9,10). The van der Waals surface area contributed by atoms with Gasteiger partial charge in [-0.2, -0.15) is 0 Å². The summed E-state index contributed by atoms with van der Waals surface area (Å²) in [6.45, 7) is 4.42. The van der Waals surface area contributed by atoms with E-state index >= 15 is 0 Å². The zero-order chi connectivity index (χ0) is 8.10. The number of ether oxygens (including phenoxy) is 1. The lowest BCUT2D eigenvalue weighted by Crippen LogP contribution is -2.31. The van der Waals surface area contributed by atoms with Gasteiger partial charge in [0.05, 0.1) is 12.4 Å². The molecule has 3 nitrogen and oxygen atoms in total. The van der Waals surface area contributed by atoms with Gasteiger partial charge in [0.25, 0.3) is 0 Å². The molecule has 0 saturated carbocycles. The van der Waals surface area contributed by atoms with Crippen molar-refractivity contribution in [2.24, 2.45) is 16.6 Å². The van der Waals surface area contributed by atoms with Crippen LogP contribution in [0.2, 0.25) is 0 Å². The Hall–Kier alpha value is -0.570. The fourth-order valence-corrected chi connectivity index (χ4v) is 1.29. The van der Waals surface area contributed by atoms with Crippen LogP contribution in [0.1, 0.15) is 19.8 Å². The van der Waals surface area contributed by atoms with Crippen LogP contribution in [0.4, 0.5) is 0 Å². The van der Waals surface area contributed by atoms with Crippen molar-refractivity contribution in [1.29, 1.82) is 0 Å². The molecule has 1 saturated heterocycles.